The third kappa shape index (κ3) is 5.05. The van der Waals surface area contributed by atoms with E-state index >= 15 is 0 Å². The highest BCUT2D eigenvalue weighted by Gasteiger charge is 2.23. The summed E-state index contributed by atoms with van der Waals surface area (Å²) in [7, 11) is 0. The minimum absolute atomic E-state index is 0.261. The molecular weight excluding hydrogens is 344 g/mol. The van der Waals surface area contributed by atoms with Crippen LogP contribution in [0.1, 0.15) is 67.4 Å². The van der Waals surface area contributed by atoms with Gasteiger partial charge in [0.05, 0.1) is 12.3 Å². The van der Waals surface area contributed by atoms with Gasteiger partial charge in [-0.25, -0.2) is 4.98 Å². The molecule has 1 saturated heterocycles. The number of carbonyl (C=O) groups excluding carboxylic acids is 1. The van der Waals surface area contributed by atoms with Crippen molar-refractivity contribution in [2.45, 2.75) is 52.4 Å². The van der Waals surface area contributed by atoms with Crippen LogP contribution in [0.3, 0.4) is 0 Å². The molecule has 2 aromatic heterocycles. The van der Waals surface area contributed by atoms with Crippen molar-refractivity contribution in [2.24, 2.45) is 5.92 Å². The van der Waals surface area contributed by atoms with Gasteiger partial charge in [-0.2, -0.15) is 4.98 Å². The lowest BCUT2D eigenvalue weighted by Crippen LogP contribution is -2.34. The van der Waals surface area contributed by atoms with E-state index in [4.69, 9.17) is 9.26 Å². The van der Waals surface area contributed by atoms with Gasteiger partial charge < -0.3 is 14.2 Å². The predicted molar refractivity (Wildman–Crippen MR) is 102 cm³/mol. The summed E-state index contributed by atoms with van der Waals surface area (Å²) in [6.45, 7) is 8.51. The van der Waals surface area contributed by atoms with Crippen LogP contribution < -0.4 is 9.64 Å². The summed E-state index contributed by atoms with van der Waals surface area (Å²) in [4.78, 5) is 21.8. The molecule has 1 fully saturated rings. The molecule has 0 atom stereocenters. The van der Waals surface area contributed by atoms with Crippen LogP contribution in [-0.4, -0.2) is 41.1 Å². The molecule has 0 amide bonds. The van der Waals surface area contributed by atoms with Crippen LogP contribution in [0.4, 0.5) is 5.95 Å². The summed E-state index contributed by atoms with van der Waals surface area (Å²) in [6, 6.07) is 3.51. The van der Waals surface area contributed by atoms with E-state index in [-0.39, 0.29) is 5.92 Å². The third-order valence-electron chi connectivity index (χ3n) is 5.06. The molecule has 1 aliphatic rings. The fraction of sp³-hybridized carbons (Fsp3) is 0.600. The number of hydrogen-bond acceptors (Lipinski definition) is 7. The fourth-order valence-corrected chi connectivity index (χ4v) is 3.31. The molecule has 7 heteroatoms. The van der Waals surface area contributed by atoms with Gasteiger partial charge in [-0.3, -0.25) is 4.79 Å². The lowest BCUT2D eigenvalue weighted by molar-refractivity contribution is 0.112. The van der Waals surface area contributed by atoms with Crippen molar-refractivity contribution < 1.29 is 14.1 Å². The Morgan fingerprint density at radius 2 is 2.07 bits per heavy atom. The zero-order chi connectivity index (χ0) is 19.2. The van der Waals surface area contributed by atoms with Gasteiger partial charge in [0.2, 0.25) is 11.8 Å². The van der Waals surface area contributed by atoms with E-state index in [1.54, 1.807) is 12.1 Å². The van der Waals surface area contributed by atoms with Crippen molar-refractivity contribution in [1.29, 1.82) is 0 Å². The van der Waals surface area contributed by atoms with Gasteiger partial charge in [0.25, 0.3) is 5.95 Å². The summed E-state index contributed by atoms with van der Waals surface area (Å²) in [5.74, 6) is 2.98. The Morgan fingerprint density at radius 1 is 1.30 bits per heavy atom. The minimum atomic E-state index is 0.261. The van der Waals surface area contributed by atoms with E-state index in [1.807, 2.05) is 6.92 Å². The third-order valence-corrected chi connectivity index (χ3v) is 5.06. The van der Waals surface area contributed by atoms with Gasteiger partial charge in [0.1, 0.15) is 0 Å². The fourth-order valence-electron chi connectivity index (χ4n) is 3.31. The SMILES string of the molecule is Cc1nc(OCCCC2CCN(c3noc(C(C)C)n3)CC2)ccc1C=O. The number of carbonyl (C=O) groups is 1. The molecule has 0 spiro atoms. The summed E-state index contributed by atoms with van der Waals surface area (Å²) in [5, 5.41) is 4.11. The Bertz CT molecular complexity index is 751. The second kappa shape index (κ2) is 8.97. The molecule has 0 unspecified atom stereocenters. The molecular formula is C20H28N4O3. The monoisotopic (exact) mass is 372 g/mol. The van der Waals surface area contributed by atoms with Crippen LogP contribution in [0.25, 0.3) is 0 Å². The normalized spacial score (nSPS) is 15.3. The van der Waals surface area contributed by atoms with E-state index in [2.05, 4.69) is 33.9 Å². The molecule has 0 N–H and O–H groups in total. The maximum atomic E-state index is 10.8. The van der Waals surface area contributed by atoms with E-state index in [9.17, 15) is 4.79 Å². The second-order valence-corrected chi connectivity index (χ2v) is 7.45. The maximum Gasteiger partial charge on any atom is 0.266 e. The van der Waals surface area contributed by atoms with E-state index in [1.165, 1.54) is 0 Å². The molecule has 7 nitrogen and oxygen atoms in total. The number of rotatable bonds is 8. The molecule has 0 aliphatic carbocycles. The van der Waals surface area contributed by atoms with Crippen molar-refractivity contribution >= 4 is 12.2 Å². The van der Waals surface area contributed by atoms with Gasteiger partial charge in [0.15, 0.2) is 6.29 Å². The van der Waals surface area contributed by atoms with Crippen molar-refractivity contribution in [2.75, 3.05) is 24.6 Å². The summed E-state index contributed by atoms with van der Waals surface area (Å²) >= 11 is 0. The molecule has 0 saturated carbocycles. The molecule has 27 heavy (non-hydrogen) atoms. The Kier molecular flexibility index (Phi) is 6.42. The van der Waals surface area contributed by atoms with Gasteiger partial charge in [-0.15, -0.1) is 0 Å². The van der Waals surface area contributed by atoms with Crippen molar-refractivity contribution in [3.8, 4) is 5.88 Å². The number of aldehydes is 1. The summed E-state index contributed by atoms with van der Waals surface area (Å²) in [5.41, 5.74) is 1.31. The van der Waals surface area contributed by atoms with Crippen LogP contribution in [0.5, 0.6) is 5.88 Å². The van der Waals surface area contributed by atoms with Crippen LogP contribution >= 0.6 is 0 Å². The standard InChI is InChI=1S/C20H28N4O3/c1-14(2)19-22-20(23-27-19)24-10-8-16(9-11-24)5-4-12-26-18-7-6-17(13-25)15(3)21-18/h6-7,13-14,16H,4-5,8-12H2,1-3H3. The van der Waals surface area contributed by atoms with Gasteiger partial charge in [-0.1, -0.05) is 13.8 Å². The number of aromatic nitrogens is 3. The minimum Gasteiger partial charge on any atom is -0.478 e. The first-order chi connectivity index (χ1) is 13.1. The lowest BCUT2D eigenvalue weighted by Gasteiger charge is -2.30. The van der Waals surface area contributed by atoms with E-state index in [0.717, 1.165) is 51.0 Å². The molecule has 3 heterocycles. The summed E-state index contributed by atoms with van der Waals surface area (Å²) in [6.07, 6.45) is 5.23. The number of anilines is 1. The van der Waals surface area contributed by atoms with Crippen molar-refractivity contribution in [1.82, 2.24) is 15.1 Å². The second-order valence-electron chi connectivity index (χ2n) is 7.45. The molecule has 3 rings (SSSR count). The Morgan fingerprint density at radius 3 is 2.70 bits per heavy atom. The van der Waals surface area contributed by atoms with Gasteiger partial charge >= 0.3 is 0 Å². The Hall–Kier alpha value is -2.44. The molecule has 2 aromatic rings. The number of nitrogens with zero attached hydrogens (tertiary/aromatic N) is 4. The highest BCUT2D eigenvalue weighted by atomic mass is 16.5. The number of hydrogen-bond donors (Lipinski definition) is 0. The molecule has 0 aromatic carbocycles. The highest BCUT2D eigenvalue weighted by Crippen LogP contribution is 2.25. The quantitative estimate of drug-likeness (QED) is 0.515. The number of piperidine rings is 1. The Balaban J connectivity index is 1.37. The van der Waals surface area contributed by atoms with E-state index in [0.29, 0.717) is 35.6 Å². The average molecular weight is 372 g/mol. The number of pyridine rings is 1. The first kappa shape index (κ1) is 19.3. The van der Waals surface area contributed by atoms with Crippen LogP contribution in [-0.2, 0) is 0 Å². The van der Waals surface area contributed by atoms with Crippen molar-refractivity contribution in [3.05, 3.63) is 29.3 Å². The molecule has 0 radical (unpaired) electrons. The molecule has 0 bridgehead atoms. The van der Waals surface area contributed by atoms with Crippen LogP contribution in [0.2, 0.25) is 0 Å². The maximum absolute atomic E-state index is 10.8. The number of ether oxygens (including phenoxy) is 1. The number of aryl methyl sites for hydroxylation is 1. The first-order valence-electron chi connectivity index (χ1n) is 9.71. The summed E-state index contributed by atoms with van der Waals surface area (Å²) < 4.78 is 11.0. The van der Waals surface area contributed by atoms with Crippen LogP contribution in [0.15, 0.2) is 16.7 Å². The van der Waals surface area contributed by atoms with Gasteiger partial charge in [0, 0.05) is 30.6 Å². The average Bonchev–Trinajstić information content (AvgIpc) is 3.16. The highest BCUT2D eigenvalue weighted by molar-refractivity contribution is 5.76. The topological polar surface area (TPSA) is 81.3 Å². The molecule has 1 aliphatic heterocycles. The van der Waals surface area contributed by atoms with E-state index < -0.39 is 0 Å². The zero-order valence-electron chi connectivity index (χ0n) is 16.4. The smallest absolute Gasteiger partial charge is 0.266 e. The molecule has 146 valence electrons. The zero-order valence-corrected chi connectivity index (χ0v) is 16.4. The van der Waals surface area contributed by atoms with Gasteiger partial charge in [-0.05, 0) is 49.7 Å². The lowest BCUT2D eigenvalue weighted by atomic mass is 9.92. The van der Waals surface area contributed by atoms with Crippen molar-refractivity contribution in [3.63, 3.8) is 0 Å². The first-order valence-corrected chi connectivity index (χ1v) is 9.71. The van der Waals surface area contributed by atoms with Crippen LogP contribution in [0, 0.1) is 12.8 Å². The Labute approximate surface area is 160 Å². The predicted octanol–water partition coefficient (Wildman–Crippen LogP) is 3.78. The largest absolute Gasteiger partial charge is 0.478 e.